The Morgan fingerprint density at radius 2 is 1.95 bits per heavy atom. The number of nitrogens with zero attached hydrogens (tertiary/aromatic N) is 3. The summed E-state index contributed by atoms with van der Waals surface area (Å²) in [6.45, 7) is 8.05. The van der Waals surface area contributed by atoms with Crippen molar-refractivity contribution in [1.82, 2.24) is 15.1 Å². The average Bonchev–Trinajstić information content (AvgIpc) is 3.25. The lowest BCUT2D eigenvalue weighted by atomic mass is 9.98. The lowest BCUT2D eigenvalue weighted by molar-refractivity contribution is -0.124. The van der Waals surface area contributed by atoms with Crippen LogP contribution in [0.5, 0.6) is 0 Å². The number of aliphatic hydroxyl groups is 1. The Labute approximate surface area is 126 Å². The highest BCUT2D eigenvalue weighted by Crippen LogP contribution is 2.39. The Morgan fingerprint density at radius 3 is 2.43 bits per heavy atom. The minimum atomic E-state index is -0.703. The quantitative estimate of drug-likeness (QED) is 0.709. The summed E-state index contributed by atoms with van der Waals surface area (Å²) in [6, 6.07) is 2.25. The van der Waals surface area contributed by atoms with Gasteiger partial charge in [0, 0.05) is 32.7 Å². The van der Waals surface area contributed by atoms with E-state index in [1.807, 2.05) is 6.92 Å². The fourth-order valence-corrected chi connectivity index (χ4v) is 2.92. The van der Waals surface area contributed by atoms with E-state index in [1.165, 1.54) is 0 Å². The van der Waals surface area contributed by atoms with Crippen molar-refractivity contribution in [2.24, 2.45) is 5.92 Å². The summed E-state index contributed by atoms with van der Waals surface area (Å²) in [5.41, 5.74) is -0.703. The molecule has 2 rings (SSSR count). The average molecular weight is 294 g/mol. The first-order valence-electron chi connectivity index (χ1n) is 7.78. The number of carbonyl (C=O) groups is 1. The summed E-state index contributed by atoms with van der Waals surface area (Å²) in [5, 5.41) is 21.5. The van der Waals surface area contributed by atoms with Crippen LogP contribution in [0.1, 0.15) is 26.7 Å². The SMILES string of the molecule is C[C@@H](O)CN1CCN(CC(=O)N[C@](C)(C#N)C2CC2)CC1. The van der Waals surface area contributed by atoms with Gasteiger partial charge in [-0.25, -0.2) is 0 Å². The molecule has 0 aromatic rings. The molecule has 6 heteroatoms. The molecule has 1 saturated heterocycles. The smallest absolute Gasteiger partial charge is 0.235 e. The molecule has 6 nitrogen and oxygen atoms in total. The van der Waals surface area contributed by atoms with Gasteiger partial charge in [0.25, 0.3) is 0 Å². The van der Waals surface area contributed by atoms with Crippen LogP contribution in [-0.4, -0.2) is 71.7 Å². The number of carbonyl (C=O) groups excluding carboxylic acids is 1. The molecule has 2 fully saturated rings. The van der Waals surface area contributed by atoms with E-state index in [2.05, 4.69) is 21.2 Å². The van der Waals surface area contributed by atoms with Crippen molar-refractivity contribution in [2.45, 2.75) is 38.3 Å². The second kappa shape index (κ2) is 6.73. The number of amides is 1. The monoisotopic (exact) mass is 294 g/mol. The molecule has 0 spiro atoms. The lowest BCUT2D eigenvalue weighted by Crippen LogP contribution is -2.54. The summed E-state index contributed by atoms with van der Waals surface area (Å²) >= 11 is 0. The third kappa shape index (κ3) is 4.67. The minimum absolute atomic E-state index is 0.0603. The number of piperazine rings is 1. The summed E-state index contributed by atoms with van der Waals surface area (Å²) < 4.78 is 0. The van der Waals surface area contributed by atoms with Gasteiger partial charge in [-0.2, -0.15) is 5.26 Å². The first kappa shape index (κ1) is 16.2. The van der Waals surface area contributed by atoms with Gasteiger partial charge >= 0.3 is 0 Å². The molecule has 1 aliphatic heterocycles. The second-order valence-electron chi connectivity index (χ2n) is 6.56. The summed E-state index contributed by atoms with van der Waals surface area (Å²) in [5.74, 6) is 0.254. The van der Waals surface area contributed by atoms with Crippen LogP contribution in [0.4, 0.5) is 0 Å². The minimum Gasteiger partial charge on any atom is -0.392 e. The van der Waals surface area contributed by atoms with Crippen molar-refractivity contribution in [3.63, 3.8) is 0 Å². The van der Waals surface area contributed by atoms with E-state index in [9.17, 15) is 15.2 Å². The van der Waals surface area contributed by atoms with E-state index in [-0.39, 0.29) is 12.0 Å². The van der Waals surface area contributed by atoms with Gasteiger partial charge < -0.3 is 10.4 Å². The van der Waals surface area contributed by atoms with E-state index in [1.54, 1.807) is 6.92 Å². The van der Waals surface area contributed by atoms with Gasteiger partial charge in [0.15, 0.2) is 0 Å². The molecular formula is C15H26N4O2. The second-order valence-corrected chi connectivity index (χ2v) is 6.56. The molecule has 0 unspecified atom stereocenters. The van der Waals surface area contributed by atoms with Gasteiger partial charge in [0.05, 0.1) is 18.7 Å². The number of hydrogen-bond acceptors (Lipinski definition) is 5. The van der Waals surface area contributed by atoms with Gasteiger partial charge in [0.1, 0.15) is 5.54 Å². The van der Waals surface area contributed by atoms with Gasteiger partial charge in [0.2, 0.25) is 5.91 Å². The normalized spacial score (nSPS) is 24.9. The highest BCUT2D eigenvalue weighted by molar-refractivity contribution is 5.79. The number of aliphatic hydroxyl groups excluding tert-OH is 1. The zero-order valence-corrected chi connectivity index (χ0v) is 13.0. The lowest BCUT2D eigenvalue weighted by Gasteiger charge is -2.35. The molecule has 21 heavy (non-hydrogen) atoms. The number of rotatable bonds is 6. The Bertz CT molecular complexity index is 408. The summed E-state index contributed by atoms with van der Waals surface area (Å²) in [4.78, 5) is 16.4. The Balaban J connectivity index is 1.73. The summed E-state index contributed by atoms with van der Waals surface area (Å²) in [6.07, 6.45) is 1.75. The molecule has 0 aromatic heterocycles. The largest absolute Gasteiger partial charge is 0.392 e. The topological polar surface area (TPSA) is 79.6 Å². The maximum atomic E-state index is 12.1. The molecule has 0 radical (unpaired) electrons. The molecular weight excluding hydrogens is 268 g/mol. The fraction of sp³-hybridized carbons (Fsp3) is 0.867. The predicted octanol–water partition coefficient (Wildman–Crippen LogP) is -0.207. The number of nitriles is 1. The number of hydrogen-bond donors (Lipinski definition) is 2. The van der Waals surface area contributed by atoms with Gasteiger partial charge in [-0.15, -0.1) is 0 Å². The maximum absolute atomic E-state index is 12.1. The van der Waals surface area contributed by atoms with Crippen LogP contribution in [0.25, 0.3) is 0 Å². The van der Waals surface area contributed by atoms with E-state index >= 15 is 0 Å². The Kier molecular flexibility index (Phi) is 5.20. The molecule has 2 N–H and O–H groups in total. The third-order valence-corrected chi connectivity index (χ3v) is 4.38. The van der Waals surface area contributed by atoms with E-state index in [0.29, 0.717) is 19.0 Å². The van der Waals surface area contributed by atoms with Crippen LogP contribution in [0.3, 0.4) is 0 Å². The van der Waals surface area contributed by atoms with Crippen LogP contribution < -0.4 is 5.32 Å². The van der Waals surface area contributed by atoms with Crippen molar-refractivity contribution in [2.75, 3.05) is 39.3 Å². The number of β-amino-alcohol motifs (C(OH)–C–C–N with tert-alkyl or cyclic N) is 1. The molecule has 0 aromatic carbocycles. The van der Waals surface area contributed by atoms with Crippen LogP contribution in [0.15, 0.2) is 0 Å². The molecule has 2 aliphatic rings. The third-order valence-electron chi connectivity index (χ3n) is 4.38. The first-order chi connectivity index (χ1) is 9.93. The van der Waals surface area contributed by atoms with Gasteiger partial charge in [-0.05, 0) is 32.6 Å². The highest BCUT2D eigenvalue weighted by Gasteiger charge is 2.43. The van der Waals surface area contributed by atoms with Crippen molar-refractivity contribution in [3.8, 4) is 6.07 Å². The molecule has 1 amide bonds. The van der Waals surface area contributed by atoms with E-state index in [0.717, 1.165) is 39.0 Å². The van der Waals surface area contributed by atoms with Gasteiger partial charge in [-0.3, -0.25) is 14.6 Å². The highest BCUT2D eigenvalue weighted by atomic mass is 16.3. The molecule has 1 saturated carbocycles. The Morgan fingerprint density at radius 1 is 1.38 bits per heavy atom. The van der Waals surface area contributed by atoms with Crippen molar-refractivity contribution >= 4 is 5.91 Å². The van der Waals surface area contributed by atoms with Crippen LogP contribution >= 0.6 is 0 Å². The van der Waals surface area contributed by atoms with E-state index < -0.39 is 5.54 Å². The van der Waals surface area contributed by atoms with E-state index in [4.69, 9.17) is 0 Å². The molecule has 1 heterocycles. The zero-order chi connectivity index (χ0) is 15.5. The zero-order valence-electron chi connectivity index (χ0n) is 13.0. The molecule has 1 aliphatic carbocycles. The molecule has 0 bridgehead atoms. The maximum Gasteiger partial charge on any atom is 0.235 e. The van der Waals surface area contributed by atoms with Crippen molar-refractivity contribution in [1.29, 1.82) is 5.26 Å². The van der Waals surface area contributed by atoms with Crippen molar-refractivity contribution in [3.05, 3.63) is 0 Å². The standard InChI is InChI=1S/C15H26N4O2/c1-12(20)9-18-5-7-19(8-6-18)10-14(21)17-15(2,11-16)13-3-4-13/h12-13,20H,3-10H2,1-2H3,(H,17,21)/t12-,15-/m1/s1. The Hall–Kier alpha value is -1.16. The first-order valence-corrected chi connectivity index (χ1v) is 7.78. The molecule has 118 valence electrons. The van der Waals surface area contributed by atoms with Gasteiger partial charge in [-0.1, -0.05) is 0 Å². The molecule has 2 atom stereocenters. The number of nitrogens with one attached hydrogen (secondary N) is 1. The van der Waals surface area contributed by atoms with Crippen LogP contribution in [0, 0.1) is 17.2 Å². The van der Waals surface area contributed by atoms with Crippen molar-refractivity contribution < 1.29 is 9.90 Å². The summed E-state index contributed by atoms with van der Waals surface area (Å²) in [7, 11) is 0. The van der Waals surface area contributed by atoms with Crippen LogP contribution in [-0.2, 0) is 4.79 Å². The predicted molar refractivity (Wildman–Crippen MR) is 79.4 cm³/mol. The van der Waals surface area contributed by atoms with Crippen LogP contribution in [0.2, 0.25) is 0 Å². The fourth-order valence-electron chi connectivity index (χ4n) is 2.92.